The zero-order valence-electron chi connectivity index (χ0n) is 11.1. The first-order valence-corrected chi connectivity index (χ1v) is 5.96. The second-order valence-corrected chi connectivity index (χ2v) is 4.15. The highest BCUT2D eigenvalue weighted by Gasteiger charge is 2.19. The van der Waals surface area contributed by atoms with E-state index in [9.17, 15) is 14.4 Å². The summed E-state index contributed by atoms with van der Waals surface area (Å²) in [6, 6.07) is 5.22. The van der Waals surface area contributed by atoms with Gasteiger partial charge in [-0.2, -0.15) is 0 Å². The zero-order valence-corrected chi connectivity index (χ0v) is 11.1. The highest BCUT2D eigenvalue weighted by molar-refractivity contribution is 5.98. The van der Waals surface area contributed by atoms with E-state index in [1.165, 1.54) is 25.1 Å². The summed E-state index contributed by atoms with van der Waals surface area (Å²) in [5, 5.41) is 13.9. The molecule has 0 heterocycles. The fourth-order valence-electron chi connectivity index (χ4n) is 1.57. The summed E-state index contributed by atoms with van der Waals surface area (Å²) in [5.74, 6) is -1.90. The van der Waals surface area contributed by atoms with Crippen molar-refractivity contribution in [3.63, 3.8) is 0 Å². The highest BCUT2D eigenvalue weighted by atomic mass is 16.4. The maximum atomic E-state index is 12.0. The predicted molar refractivity (Wildman–Crippen MR) is 74.4 cm³/mol. The van der Waals surface area contributed by atoms with Crippen molar-refractivity contribution < 1.29 is 19.5 Å². The molecule has 0 radical (unpaired) electrons. The van der Waals surface area contributed by atoms with Crippen molar-refractivity contribution in [3.05, 3.63) is 42.5 Å². The molecule has 0 spiro atoms. The number of carboxylic acid groups (broad SMARTS) is 1. The Bertz CT molecular complexity index is 540. The Labute approximate surface area is 116 Å². The number of carbonyl (C=O) groups is 3. The first-order valence-electron chi connectivity index (χ1n) is 5.96. The Balaban J connectivity index is 2.83. The van der Waals surface area contributed by atoms with Crippen molar-refractivity contribution in [2.24, 2.45) is 0 Å². The predicted octanol–water partition coefficient (Wildman–Crippen LogP) is 1.40. The van der Waals surface area contributed by atoms with Gasteiger partial charge in [0.05, 0.1) is 0 Å². The van der Waals surface area contributed by atoms with E-state index in [-0.39, 0.29) is 17.9 Å². The minimum atomic E-state index is -1.13. The lowest BCUT2D eigenvalue weighted by atomic mass is 10.1. The molecule has 2 amide bonds. The summed E-state index contributed by atoms with van der Waals surface area (Å²) in [6.45, 7) is 4.81. The van der Waals surface area contributed by atoms with Crippen LogP contribution in [0, 0.1) is 0 Å². The van der Waals surface area contributed by atoms with Crippen LogP contribution >= 0.6 is 0 Å². The Morgan fingerprint density at radius 3 is 2.65 bits per heavy atom. The number of rotatable bonds is 6. The molecule has 20 heavy (non-hydrogen) atoms. The van der Waals surface area contributed by atoms with Gasteiger partial charge < -0.3 is 15.7 Å². The molecular weight excluding hydrogens is 260 g/mol. The van der Waals surface area contributed by atoms with E-state index < -0.39 is 17.9 Å². The van der Waals surface area contributed by atoms with Gasteiger partial charge in [-0.1, -0.05) is 12.1 Å². The quantitative estimate of drug-likeness (QED) is 0.684. The number of aliphatic carboxylic acids is 1. The third kappa shape index (κ3) is 4.56. The lowest BCUT2D eigenvalue weighted by molar-refractivity contribution is -0.139. The van der Waals surface area contributed by atoms with E-state index in [4.69, 9.17) is 5.11 Å². The van der Waals surface area contributed by atoms with Crippen LogP contribution in [-0.2, 0) is 9.59 Å². The summed E-state index contributed by atoms with van der Waals surface area (Å²) in [4.78, 5) is 33.8. The van der Waals surface area contributed by atoms with E-state index in [0.29, 0.717) is 5.69 Å². The zero-order chi connectivity index (χ0) is 15.1. The van der Waals surface area contributed by atoms with E-state index in [1.54, 1.807) is 12.1 Å². The van der Waals surface area contributed by atoms with Gasteiger partial charge in [0, 0.05) is 18.2 Å². The topological polar surface area (TPSA) is 95.5 Å². The molecule has 0 saturated heterocycles. The van der Waals surface area contributed by atoms with Gasteiger partial charge in [0.25, 0.3) is 5.91 Å². The molecule has 6 heteroatoms. The van der Waals surface area contributed by atoms with Crippen molar-refractivity contribution >= 4 is 23.5 Å². The number of amides is 2. The Kier molecular flexibility index (Phi) is 5.46. The normalized spacial score (nSPS) is 11.2. The van der Waals surface area contributed by atoms with Gasteiger partial charge in [0.15, 0.2) is 0 Å². The van der Waals surface area contributed by atoms with E-state index in [0.717, 1.165) is 0 Å². The van der Waals surface area contributed by atoms with Crippen LogP contribution < -0.4 is 10.6 Å². The smallest absolute Gasteiger partial charge is 0.326 e. The monoisotopic (exact) mass is 276 g/mol. The van der Waals surface area contributed by atoms with Gasteiger partial charge in [-0.3, -0.25) is 9.59 Å². The van der Waals surface area contributed by atoms with Crippen molar-refractivity contribution in [1.82, 2.24) is 5.32 Å². The Morgan fingerprint density at radius 1 is 1.40 bits per heavy atom. The SMILES string of the molecule is C=CC[C@H](NC(=O)c1cccc(NC(C)=O)c1)C(=O)O. The van der Waals surface area contributed by atoms with Gasteiger partial charge in [-0.25, -0.2) is 4.79 Å². The fourth-order valence-corrected chi connectivity index (χ4v) is 1.57. The van der Waals surface area contributed by atoms with Crippen LogP contribution in [-0.4, -0.2) is 28.9 Å². The molecule has 1 aromatic carbocycles. The number of nitrogens with one attached hydrogen (secondary N) is 2. The largest absolute Gasteiger partial charge is 0.480 e. The fraction of sp³-hybridized carbons (Fsp3) is 0.214. The maximum Gasteiger partial charge on any atom is 0.326 e. The van der Waals surface area contributed by atoms with E-state index in [2.05, 4.69) is 17.2 Å². The van der Waals surface area contributed by atoms with E-state index in [1.807, 2.05) is 0 Å². The molecule has 0 fully saturated rings. The summed E-state index contributed by atoms with van der Waals surface area (Å²) in [6.07, 6.45) is 1.55. The van der Waals surface area contributed by atoms with Crippen LogP contribution in [0.25, 0.3) is 0 Å². The second kappa shape index (κ2) is 7.08. The molecule has 0 unspecified atom stereocenters. The Hall–Kier alpha value is -2.63. The van der Waals surface area contributed by atoms with Crippen molar-refractivity contribution in [2.75, 3.05) is 5.32 Å². The van der Waals surface area contributed by atoms with E-state index >= 15 is 0 Å². The minimum Gasteiger partial charge on any atom is -0.480 e. The molecule has 1 aromatic rings. The molecule has 0 saturated carbocycles. The molecule has 0 aliphatic heterocycles. The van der Waals surface area contributed by atoms with Crippen LogP contribution in [0.15, 0.2) is 36.9 Å². The van der Waals surface area contributed by atoms with Gasteiger partial charge >= 0.3 is 5.97 Å². The molecule has 0 aliphatic rings. The minimum absolute atomic E-state index is 0.131. The maximum absolute atomic E-state index is 12.0. The number of anilines is 1. The number of carbonyl (C=O) groups excluding carboxylic acids is 2. The third-order valence-corrected chi connectivity index (χ3v) is 2.45. The van der Waals surface area contributed by atoms with Gasteiger partial charge in [-0.05, 0) is 24.6 Å². The first kappa shape index (κ1) is 15.4. The van der Waals surface area contributed by atoms with Crippen LogP contribution in [0.2, 0.25) is 0 Å². The molecule has 0 aromatic heterocycles. The third-order valence-electron chi connectivity index (χ3n) is 2.45. The molecular formula is C14H16N2O4. The number of hydrogen-bond donors (Lipinski definition) is 3. The van der Waals surface area contributed by atoms with Crippen LogP contribution in [0.3, 0.4) is 0 Å². The average molecular weight is 276 g/mol. The lowest BCUT2D eigenvalue weighted by Crippen LogP contribution is -2.40. The lowest BCUT2D eigenvalue weighted by Gasteiger charge is -2.13. The molecule has 1 atom stereocenters. The molecule has 106 valence electrons. The van der Waals surface area contributed by atoms with Crippen LogP contribution in [0.1, 0.15) is 23.7 Å². The number of carboxylic acids is 1. The molecule has 6 nitrogen and oxygen atoms in total. The van der Waals surface area contributed by atoms with Crippen molar-refractivity contribution in [3.8, 4) is 0 Å². The van der Waals surface area contributed by atoms with Crippen molar-refractivity contribution in [2.45, 2.75) is 19.4 Å². The highest BCUT2D eigenvalue weighted by Crippen LogP contribution is 2.11. The molecule has 0 aliphatic carbocycles. The van der Waals surface area contributed by atoms with Crippen LogP contribution in [0.5, 0.6) is 0 Å². The standard InChI is InChI=1S/C14H16N2O4/c1-3-5-12(14(19)20)16-13(18)10-6-4-7-11(8-10)15-9(2)17/h3-4,6-8,12H,1,5H2,2H3,(H,15,17)(H,16,18)(H,19,20)/t12-/m0/s1. The molecule has 1 rings (SSSR count). The number of benzene rings is 1. The van der Waals surface area contributed by atoms with Crippen LogP contribution in [0.4, 0.5) is 5.69 Å². The summed E-state index contributed by atoms with van der Waals surface area (Å²) >= 11 is 0. The van der Waals surface area contributed by atoms with Gasteiger partial charge in [-0.15, -0.1) is 6.58 Å². The second-order valence-electron chi connectivity index (χ2n) is 4.15. The summed E-state index contributed by atoms with van der Waals surface area (Å²) < 4.78 is 0. The van der Waals surface area contributed by atoms with Crippen molar-refractivity contribution in [1.29, 1.82) is 0 Å². The van der Waals surface area contributed by atoms with Gasteiger partial charge in [0.2, 0.25) is 5.91 Å². The molecule has 3 N–H and O–H groups in total. The van der Waals surface area contributed by atoms with Gasteiger partial charge in [0.1, 0.15) is 6.04 Å². The number of hydrogen-bond acceptors (Lipinski definition) is 3. The molecule has 0 bridgehead atoms. The average Bonchev–Trinajstić information content (AvgIpc) is 2.37. The summed E-state index contributed by atoms with van der Waals surface area (Å²) in [5.41, 5.74) is 0.743. The first-order chi connectivity index (χ1) is 9.43. The Morgan fingerprint density at radius 2 is 2.10 bits per heavy atom. The summed E-state index contributed by atoms with van der Waals surface area (Å²) in [7, 11) is 0.